The molecular formula is C54H58O10. The topological polar surface area (TPSA) is 92.3 Å². The molecule has 2 saturated heterocycles. The molecule has 6 aromatic carbocycles. The largest absolute Gasteiger partial charge is 0.374 e. The molecule has 0 bridgehead atoms. The predicted octanol–water partition coefficient (Wildman–Crippen LogP) is 9.24. The van der Waals surface area contributed by atoms with Crippen LogP contribution in [0.15, 0.2) is 182 Å². The lowest BCUT2D eigenvalue weighted by Gasteiger charge is -2.46. The Morgan fingerprint density at radius 1 is 0.312 bits per heavy atom. The van der Waals surface area contributed by atoms with Gasteiger partial charge in [-0.25, -0.2) is 0 Å². The van der Waals surface area contributed by atoms with Crippen LogP contribution < -0.4 is 0 Å². The van der Waals surface area contributed by atoms with Crippen LogP contribution in [0, 0.1) is 0 Å². The number of ether oxygens (including phenoxy) is 10. The number of hydrogen-bond donors (Lipinski definition) is 0. The van der Waals surface area contributed by atoms with Crippen molar-refractivity contribution in [3.05, 3.63) is 215 Å². The highest BCUT2D eigenvalue weighted by Crippen LogP contribution is 2.34. The third kappa shape index (κ3) is 13.0. The van der Waals surface area contributed by atoms with Crippen LogP contribution in [0.2, 0.25) is 0 Å². The van der Waals surface area contributed by atoms with Crippen LogP contribution in [0.5, 0.6) is 0 Å². The van der Waals surface area contributed by atoms with Gasteiger partial charge in [0.15, 0.2) is 12.6 Å². The fourth-order valence-electron chi connectivity index (χ4n) is 8.00. The third-order valence-corrected chi connectivity index (χ3v) is 11.3. The first-order valence-electron chi connectivity index (χ1n) is 22.0. The molecule has 10 heteroatoms. The van der Waals surface area contributed by atoms with Gasteiger partial charge in [0.1, 0.15) is 42.7 Å². The smallest absolute Gasteiger partial charge is 0.187 e. The summed E-state index contributed by atoms with van der Waals surface area (Å²) in [6.07, 6.45) is -5.99. The van der Waals surface area contributed by atoms with Crippen molar-refractivity contribution in [3.8, 4) is 0 Å². The number of hydrogen-bond acceptors (Lipinski definition) is 10. The first kappa shape index (κ1) is 45.5. The summed E-state index contributed by atoms with van der Waals surface area (Å²) in [5.41, 5.74) is 6.12. The molecular weight excluding hydrogens is 809 g/mol. The number of rotatable bonds is 23. The summed E-state index contributed by atoms with van der Waals surface area (Å²) in [7, 11) is 1.61. The van der Waals surface area contributed by atoms with Crippen molar-refractivity contribution in [3.63, 3.8) is 0 Å². The minimum absolute atomic E-state index is 0.0684. The van der Waals surface area contributed by atoms with E-state index in [1.165, 1.54) is 0 Å². The molecule has 0 unspecified atom stereocenters. The summed E-state index contributed by atoms with van der Waals surface area (Å²) in [6.45, 7) is 2.27. The zero-order valence-corrected chi connectivity index (χ0v) is 36.3. The molecule has 9 atom stereocenters. The van der Waals surface area contributed by atoms with Gasteiger partial charge in [-0.05, 0) is 33.4 Å². The molecule has 0 amide bonds. The molecule has 0 N–H and O–H groups in total. The van der Waals surface area contributed by atoms with Gasteiger partial charge in [0, 0.05) is 7.11 Å². The highest BCUT2D eigenvalue weighted by Gasteiger charge is 2.51. The number of benzene rings is 6. The van der Waals surface area contributed by atoms with Crippen molar-refractivity contribution in [2.45, 2.75) is 94.9 Å². The van der Waals surface area contributed by atoms with Crippen LogP contribution in [-0.4, -0.2) is 75.6 Å². The van der Waals surface area contributed by atoms with Crippen molar-refractivity contribution in [2.75, 3.05) is 20.3 Å². The summed E-state index contributed by atoms with van der Waals surface area (Å²) < 4.78 is 66.6. The molecule has 0 aromatic heterocycles. The lowest BCUT2D eigenvalue weighted by molar-refractivity contribution is -0.332. The molecule has 8 rings (SSSR count). The first-order valence-corrected chi connectivity index (χ1v) is 22.0. The SMILES string of the molecule is CO[C@@H]1O[C@H](CO[C@H]2O[C@H](COCc3ccccc3)[C@@H](OCc3ccccc3)[C@H](OCc3ccccc3)[C@H]2OCc2ccccc2)[C@@H](OCc2ccccc2)[C@H]1OCc1ccccc1. The van der Waals surface area contributed by atoms with Gasteiger partial charge in [-0.1, -0.05) is 182 Å². The van der Waals surface area contributed by atoms with E-state index in [9.17, 15) is 0 Å². The second kappa shape index (κ2) is 24.3. The average Bonchev–Trinajstić information content (AvgIpc) is 3.70. The normalized spacial score (nSPS) is 24.4. The molecule has 334 valence electrons. The molecule has 2 aliphatic rings. The van der Waals surface area contributed by atoms with E-state index in [4.69, 9.17) is 47.4 Å². The Kier molecular flexibility index (Phi) is 17.3. The third-order valence-electron chi connectivity index (χ3n) is 11.3. The standard InChI is InChI=1S/C54H58O10/c1-55-53-51(60-36-44-28-16-6-17-29-44)49(58-34-42-24-12-4-13-25-42)47(63-53)39-62-54-52(61-37-45-30-18-7-19-31-45)50(59-35-43-26-14-5-15-27-43)48(57-33-41-22-10-3-11-23-41)46(64-54)38-56-32-40-20-8-2-9-21-40/h2-31,46-54H,32-39H2,1H3/t46-,47-,48-,49-,50+,51-,52-,53-,54+/m1/s1. The highest BCUT2D eigenvalue weighted by molar-refractivity contribution is 5.18. The van der Waals surface area contributed by atoms with Gasteiger partial charge in [0.05, 0.1) is 52.9 Å². The zero-order valence-electron chi connectivity index (χ0n) is 36.3. The Morgan fingerprint density at radius 3 is 1.00 bits per heavy atom. The molecule has 10 nitrogen and oxygen atoms in total. The Balaban J connectivity index is 1.09. The van der Waals surface area contributed by atoms with Crippen molar-refractivity contribution < 1.29 is 47.4 Å². The molecule has 2 heterocycles. The van der Waals surface area contributed by atoms with Crippen molar-refractivity contribution >= 4 is 0 Å². The molecule has 2 fully saturated rings. The van der Waals surface area contributed by atoms with Gasteiger partial charge in [-0.15, -0.1) is 0 Å². The van der Waals surface area contributed by atoms with E-state index in [1.807, 2.05) is 182 Å². The average molecular weight is 867 g/mol. The van der Waals surface area contributed by atoms with Gasteiger partial charge in [-0.3, -0.25) is 0 Å². The molecule has 2 aliphatic heterocycles. The van der Waals surface area contributed by atoms with E-state index in [1.54, 1.807) is 7.11 Å². The Bertz CT molecular complexity index is 2170. The Hall–Kier alpha value is -5.08. The number of methoxy groups -OCH3 is 1. The highest BCUT2D eigenvalue weighted by atomic mass is 16.8. The summed E-state index contributed by atoms with van der Waals surface area (Å²) in [5, 5.41) is 0. The summed E-state index contributed by atoms with van der Waals surface area (Å²) in [4.78, 5) is 0. The van der Waals surface area contributed by atoms with E-state index in [-0.39, 0.29) is 19.8 Å². The van der Waals surface area contributed by atoms with Crippen molar-refractivity contribution in [1.29, 1.82) is 0 Å². The quantitative estimate of drug-likeness (QED) is 0.0621. The molecule has 0 saturated carbocycles. The lowest BCUT2D eigenvalue weighted by atomic mass is 9.97. The summed E-state index contributed by atoms with van der Waals surface area (Å²) >= 11 is 0. The maximum atomic E-state index is 6.98. The van der Waals surface area contributed by atoms with E-state index in [0.717, 1.165) is 33.4 Å². The van der Waals surface area contributed by atoms with Gasteiger partial charge in [-0.2, -0.15) is 0 Å². The fraction of sp³-hybridized carbons (Fsp3) is 0.333. The van der Waals surface area contributed by atoms with Gasteiger partial charge < -0.3 is 47.4 Å². The minimum atomic E-state index is -0.935. The Morgan fingerprint density at radius 2 is 0.609 bits per heavy atom. The molecule has 0 aliphatic carbocycles. The summed E-state index contributed by atoms with van der Waals surface area (Å²) in [5.74, 6) is 0. The van der Waals surface area contributed by atoms with Crippen LogP contribution in [0.4, 0.5) is 0 Å². The molecule has 0 spiro atoms. The van der Waals surface area contributed by atoms with Crippen molar-refractivity contribution in [1.82, 2.24) is 0 Å². The molecule has 6 aromatic rings. The van der Waals surface area contributed by atoms with Crippen LogP contribution >= 0.6 is 0 Å². The minimum Gasteiger partial charge on any atom is -0.374 e. The van der Waals surface area contributed by atoms with E-state index >= 15 is 0 Å². The molecule has 64 heavy (non-hydrogen) atoms. The van der Waals surface area contributed by atoms with Crippen LogP contribution in [-0.2, 0) is 87.0 Å². The van der Waals surface area contributed by atoms with E-state index in [2.05, 4.69) is 0 Å². The van der Waals surface area contributed by atoms with E-state index in [0.29, 0.717) is 33.0 Å². The van der Waals surface area contributed by atoms with Gasteiger partial charge >= 0.3 is 0 Å². The summed E-state index contributed by atoms with van der Waals surface area (Å²) in [6, 6.07) is 60.4. The first-order chi connectivity index (χ1) is 31.7. The monoisotopic (exact) mass is 866 g/mol. The van der Waals surface area contributed by atoms with E-state index < -0.39 is 55.3 Å². The van der Waals surface area contributed by atoms with Crippen LogP contribution in [0.1, 0.15) is 33.4 Å². The zero-order chi connectivity index (χ0) is 43.6. The maximum Gasteiger partial charge on any atom is 0.187 e. The predicted molar refractivity (Wildman–Crippen MR) is 241 cm³/mol. The van der Waals surface area contributed by atoms with Crippen molar-refractivity contribution in [2.24, 2.45) is 0 Å². The van der Waals surface area contributed by atoms with Crippen LogP contribution in [0.25, 0.3) is 0 Å². The maximum absolute atomic E-state index is 6.98. The second-order valence-corrected chi connectivity index (χ2v) is 16.0. The lowest BCUT2D eigenvalue weighted by Crippen LogP contribution is -2.62. The molecule has 0 radical (unpaired) electrons. The fourth-order valence-corrected chi connectivity index (χ4v) is 8.00. The van der Waals surface area contributed by atoms with Gasteiger partial charge in [0.2, 0.25) is 0 Å². The Labute approximate surface area is 376 Å². The second-order valence-electron chi connectivity index (χ2n) is 16.0. The van der Waals surface area contributed by atoms with Gasteiger partial charge in [0.25, 0.3) is 0 Å². The van der Waals surface area contributed by atoms with Crippen LogP contribution in [0.3, 0.4) is 0 Å².